The van der Waals surface area contributed by atoms with Crippen molar-refractivity contribution in [1.82, 2.24) is 0 Å². The van der Waals surface area contributed by atoms with E-state index in [1.807, 2.05) is 12.1 Å². The molecule has 0 bridgehead atoms. The fourth-order valence-electron chi connectivity index (χ4n) is 2.47. The first kappa shape index (κ1) is 15.6. The predicted molar refractivity (Wildman–Crippen MR) is 92.2 cm³/mol. The summed E-state index contributed by atoms with van der Waals surface area (Å²) in [6.45, 7) is 1.85. The van der Waals surface area contributed by atoms with Crippen LogP contribution < -0.4 is 16.3 Å². The number of phenols is 1. The first-order chi connectivity index (χ1) is 11.5. The third-order valence-corrected chi connectivity index (χ3v) is 3.48. The standard InChI is InChI=1S/C18H16N2O4/c1-11(21)20-14-4-2-3-13(8-14)19-10-12-7-18(23)24-17-9-15(22)5-6-16(12)17/h2-9,19,22H,10H2,1H3,(H,20,21). The van der Waals surface area contributed by atoms with Crippen LogP contribution in [0.2, 0.25) is 0 Å². The van der Waals surface area contributed by atoms with Gasteiger partial charge in [-0.2, -0.15) is 0 Å². The molecule has 0 saturated heterocycles. The highest BCUT2D eigenvalue weighted by Gasteiger charge is 2.07. The third-order valence-electron chi connectivity index (χ3n) is 3.48. The minimum Gasteiger partial charge on any atom is -0.508 e. The molecule has 122 valence electrons. The molecule has 6 heteroatoms. The lowest BCUT2D eigenvalue weighted by molar-refractivity contribution is -0.114. The van der Waals surface area contributed by atoms with Gasteiger partial charge in [-0.15, -0.1) is 0 Å². The Hall–Kier alpha value is -3.28. The van der Waals surface area contributed by atoms with Crippen molar-refractivity contribution in [3.63, 3.8) is 0 Å². The number of hydrogen-bond donors (Lipinski definition) is 3. The first-order valence-corrected chi connectivity index (χ1v) is 7.38. The Balaban J connectivity index is 1.86. The fraction of sp³-hybridized carbons (Fsp3) is 0.111. The molecule has 6 nitrogen and oxygen atoms in total. The summed E-state index contributed by atoms with van der Waals surface area (Å²) < 4.78 is 5.11. The van der Waals surface area contributed by atoms with Crippen LogP contribution in [0.25, 0.3) is 11.0 Å². The molecule has 3 N–H and O–H groups in total. The maximum absolute atomic E-state index is 11.7. The molecule has 0 atom stereocenters. The summed E-state index contributed by atoms with van der Waals surface area (Å²) in [5, 5.41) is 16.2. The van der Waals surface area contributed by atoms with E-state index in [9.17, 15) is 14.7 Å². The molecule has 1 amide bonds. The Kier molecular flexibility index (Phi) is 4.20. The molecule has 0 aliphatic rings. The van der Waals surface area contributed by atoms with Crippen molar-refractivity contribution in [3.8, 4) is 5.75 Å². The number of nitrogens with one attached hydrogen (secondary N) is 2. The van der Waals surface area contributed by atoms with Crippen LogP contribution in [0.3, 0.4) is 0 Å². The van der Waals surface area contributed by atoms with Crippen molar-refractivity contribution in [3.05, 3.63) is 64.5 Å². The van der Waals surface area contributed by atoms with Crippen LogP contribution >= 0.6 is 0 Å². The van der Waals surface area contributed by atoms with Crippen molar-refractivity contribution in [2.45, 2.75) is 13.5 Å². The zero-order chi connectivity index (χ0) is 17.1. The van der Waals surface area contributed by atoms with E-state index in [0.29, 0.717) is 17.8 Å². The van der Waals surface area contributed by atoms with E-state index in [-0.39, 0.29) is 11.7 Å². The normalized spacial score (nSPS) is 10.5. The lowest BCUT2D eigenvalue weighted by Gasteiger charge is -2.10. The highest BCUT2D eigenvalue weighted by atomic mass is 16.4. The molecule has 3 rings (SSSR count). The minimum atomic E-state index is -0.475. The number of carbonyl (C=O) groups excluding carboxylic acids is 1. The molecule has 1 heterocycles. The van der Waals surface area contributed by atoms with E-state index in [2.05, 4.69) is 10.6 Å². The molecule has 2 aromatic carbocycles. The van der Waals surface area contributed by atoms with E-state index in [1.54, 1.807) is 24.3 Å². The quantitative estimate of drug-likeness (QED) is 0.642. The van der Waals surface area contributed by atoms with Crippen LogP contribution in [0.5, 0.6) is 5.75 Å². The van der Waals surface area contributed by atoms with Gasteiger partial charge in [-0.1, -0.05) is 6.07 Å². The Bertz CT molecular complexity index is 963. The number of aromatic hydroxyl groups is 1. The van der Waals surface area contributed by atoms with Gasteiger partial charge in [0.05, 0.1) is 0 Å². The molecule has 0 unspecified atom stereocenters. The number of fused-ring (bicyclic) bond motifs is 1. The molecule has 0 saturated carbocycles. The van der Waals surface area contributed by atoms with E-state index < -0.39 is 5.63 Å². The van der Waals surface area contributed by atoms with E-state index >= 15 is 0 Å². The topological polar surface area (TPSA) is 91.6 Å². The van der Waals surface area contributed by atoms with Crippen LogP contribution in [0.4, 0.5) is 11.4 Å². The molecule has 0 radical (unpaired) electrons. The third kappa shape index (κ3) is 3.55. The molecule has 0 spiro atoms. The highest BCUT2D eigenvalue weighted by molar-refractivity contribution is 5.89. The SMILES string of the molecule is CC(=O)Nc1cccc(NCc2cc(=O)oc3cc(O)ccc23)c1. The fourth-order valence-corrected chi connectivity index (χ4v) is 2.47. The van der Waals surface area contributed by atoms with Gasteiger partial charge >= 0.3 is 5.63 Å². The number of carbonyl (C=O) groups is 1. The van der Waals surface area contributed by atoms with Crippen molar-refractivity contribution in [2.75, 3.05) is 10.6 Å². The zero-order valence-electron chi connectivity index (χ0n) is 13.0. The Morgan fingerprint density at radius 1 is 1.12 bits per heavy atom. The number of rotatable bonds is 4. The van der Waals surface area contributed by atoms with Crippen molar-refractivity contribution in [1.29, 1.82) is 0 Å². The molecule has 0 fully saturated rings. The molecular formula is C18H16N2O4. The van der Waals surface area contributed by atoms with Gasteiger partial charge in [0.15, 0.2) is 0 Å². The number of benzene rings is 2. The van der Waals surface area contributed by atoms with Crippen LogP contribution in [-0.2, 0) is 11.3 Å². The Labute approximate surface area is 137 Å². The number of anilines is 2. The maximum Gasteiger partial charge on any atom is 0.336 e. The number of amides is 1. The van der Waals surface area contributed by atoms with Gasteiger partial charge < -0.3 is 20.2 Å². The molecule has 1 aromatic heterocycles. The lowest BCUT2D eigenvalue weighted by atomic mass is 10.1. The van der Waals surface area contributed by atoms with Crippen molar-refractivity contribution < 1.29 is 14.3 Å². The summed E-state index contributed by atoms with van der Waals surface area (Å²) in [5.41, 5.74) is 2.12. The minimum absolute atomic E-state index is 0.0405. The smallest absolute Gasteiger partial charge is 0.336 e. The van der Waals surface area contributed by atoms with E-state index in [1.165, 1.54) is 19.1 Å². The summed E-state index contributed by atoms with van der Waals surface area (Å²) in [6.07, 6.45) is 0. The molecule has 0 aliphatic carbocycles. The Morgan fingerprint density at radius 3 is 2.71 bits per heavy atom. The Morgan fingerprint density at radius 2 is 1.92 bits per heavy atom. The molecule has 0 aliphatic heterocycles. The molecular weight excluding hydrogens is 308 g/mol. The maximum atomic E-state index is 11.7. The van der Waals surface area contributed by atoms with Gasteiger partial charge in [0.1, 0.15) is 11.3 Å². The lowest BCUT2D eigenvalue weighted by Crippen LogP contribution is -2.07. The van der Waals surface area contributed by atoms with Gasteiger partial charge in [0.2, 0.25) is 5.91 Å². The van der Waals surface area contributed by atoms with Gasteiger partial charge in [0.25, 0.3) is 0 Å². The zero-order valence-corrected chi connectivity index (χ0v) is 13.0. The van der Waals surface area contributed by atoms with Gasteiger partial charge in [-0.25, -0.2) is 4.79 Å². The number of hydrogen-bond acceptors (Lipinski definition) is 5. The van der Waals surface area contributed by atoms with Crippen molar-refractivity contribution in [2.24, 2.45) is 0 Å². The van der Waals surface area contributed by atoms with Gasteiger partial charge in [-0.3, -0.25) is 4.79 Å². The van der Waals surface area contributed by atoms with Crippen LogP contribution in [0.15, 0.2) is 57.7 Å². The monoisotopic (exact) mass is 324 g/mol. The molecule has 3 aromatic rings. The first-order valence-electron chi connectivity index (χ1n) is 7.38. The second kappa shape index (κ2) is 6.45. The largest absolute Gasteiger partial charge is 0.508 e. The van der Waals surface area contributed by atoms with Gasteiger partial charge in [0, 0.05) is 42.4 Å². The average Bonchev–Trinajstić information content (AvgIpc) is 2.51. The van der Waals surface area contributed by atoms with Crippen molar-refractivity contribution >= 4 is 28.3 Å². The van der Waals surface area contributed by atoms with Crippen LogP contribution in [0.1, 0.15) is 12.5 Å². The average molecular weight is 324 g/mol. The van der Waals surface area contributed by atoms with Crippen LogP contribution in [-0.4, -0.2) is 11.0 Å². The van der Waals surface area contributed by atoms with E-state index in [4.69, 9.17) is 4.42 Å². The van der Waals surface area contributed by atoms with Crippen LogP contribution in [0, 0.1) is 0 Å². The number of phenolic OH excluding ortho intramolecular Hbond substituents is 1. The predicted octanol–water partition coefficient (Wildman–Crippen LogP) is 3.07. The second-order valence-electron chi connectivity index (χ2n) is 5.39. The highest BCUT2D eigenvalue weighted by Crippen LogP contribution is 2.23. The summed E-state index contributed by atoms with van der Waals surface area (Å²) >= 11 is 0. The summed E-state index contributed by atoms with van der Waals surface area (Å²) in [5.74, 6) is -0.0996. The van der Waals surface area contributed by atoms with E-state index in [0.717, 1.165) is 16.6 Å². The second-order valence-corrected chi connectivity index (χ2v) is 5.39. The summed E-state index contributed by atoms with van der Waals surface area (Å²) in [6, 6.07) is 13.4. The summed E-state index contributed by atoms with van der Waals surface area (Å²) in [4.78, 5) is 22.8. The van der Waals surface area contributed by atoms with Gasteiger partial charge in [-0.05, 0) is 35.9 Å². The summed E-state index contributed by atoms with van der Waals surface area (Å²) in [7, 11) is 0. The molecule has 24 heavy (non-hydrogen) atoms.